The van der Waals surface area contributed by atoms with Crippen LogP contribution in [0.25, 0.3) is 16.7 Å². The van der Waals surface area contributed by atoms with Crippen LogP contribution in [0.3, 0.4) is 0 Å². The molecule has 2 saturated heterocycles. The molecular weight excluding hydrogens is 463 g/mol. The van der Waals surface area contributed by atoms with Crippen LogP contribution in [0.1, 0.15) is 35.7 Å². The summed E-state index contributed by atoms with van der Waals surface area (Å²) in [6.45, 7) is 7.36. The largest absolute Gasteiger partial charge is 0.394 e. The van der Waals surface area contributed by atoms with Crippen molar-refractivity contribution in [2.75, 3.05) is 57.4 Å². The van der Waals surface area contributed by atoms with Crippen molar-refractivity contribution in [2.24, 2.45) is 0 Å². The van der Waals surface area contributed by atoms with Crippen LogP contribution in [0.2, 0.25) is 0 Å². The van der Waals surface area contributed by atoms with E-state index in [4.69, 9.17) is 14.8 Å². The van der Waals surface area contributed by atoms with E-state index in [0.29, 0.717) is 43.8 Å². The molecule has 5 rings (SSSR count). The zero-order valence-corrected chi connectivity index (χ0v) is 21.0. The van der Waals surface area contributed by atoms with Gasteiger partial charge in [-0.1, -0.05) is 0 Å². The van der Waals surface area contributed by atoms with E-state index in [9.17, 15) is 9.50 Å². The Morgan fingerprint density at radius 3 is 2.61 bits per heavy atom. The summed E-state index contributed by atoms with van der Waals surface area (Å²) >= 11 is 0. The predicted octanol–water partition coefficient (Wildman–Crippen LogP) is 2.14. The maximum Gasteiger partial charge on any atom is 0.159 e. The van der Waals surface area contributed by atoms with Crippen LogP contribution < -0.4 is 4.90 Å². The number of fused-ring (bicyclic) bond motifs is 1. The van der Waals surface area contributed by atoms with Crippen molar-refractivity contribution in [3.63, 3.8) is 0 Å². The number of rotatable bonds is 7. The Morgan fingerprint density at radius 2 is 1.86 bits per heavy atom. The number of aromatic nitrogens is 4. The molecule has 0 spiro atoms. The van der Waals surface area contributed by atoms with Gasteiger partial charge in [-0.3, -0.25) is 0 Å². The number of ether oxygens (including phenoxy) is 1. The van der Waals surface area contributed by atoms with Crippen LogP contribution in [-0.4, -0.2) is 99.7 Å². The van der Waals surface area contributed by atoms with E-state index in [2.05, 4.69) is 38.9 Å². The van der Waals surface area contributed by atoms with Crippen LogP contribution in [-0.2, 0) is 4.74 Å². The lowest BCUT2D eigenvalue weighted by molar-refractivity contribution is 0.00335. The summed E-state index contributed by atoms with van der Waals surface area (Å²) in [6, 6.07) is 6.37. The van der Waals surface area contributed by atoms with E-state index >= 15 is 0 Å². The van der Waals surface area contributed by atoms with Gasteiger partial charge in [-0.2, -0.15) is 5.10 Å². The number of piperidine rings is 1. The maximum atomic E-state index is 13.6. The minimum Gasteiger partial charge on any atom is -0.394 e. The minimum atomic E-state index is -1.18. The molecule has 36 heavy (non-hydrogen) atoms. The van der Waals surface area contributed by atoms with Gasteiger partial charge in [0, 0.05) is 31.1 Å². The number of anilines is 1. The van der Waals surface area contributed by atoms with Crippen molar-refractivity contribution >= 4 is 16.7 Å². The molecule has 0 aliphatic carbocycles. The number of aryl methyl sites for hydroxylation is 2. The predicted molar refractivity (Wildman–Crippen MR) is 136 cm³/mol. The molecule has 9 nitrogen and oxygen atoms in total. The van der Waals surface area contributed by atoms with Crippen molar-refractivity contribution in [1.82, 2.24) is 24.6 Å². The van der Waals surface area contributed by atoms with E-state index < -0.39 is 12.8 Å². The molecule has 2 aliphatic rings. The lowest BCUT2D eigenvalue weighted by Gasteiger charge is -2.33. The molecule has 2 aromatic heterocycles. The van der Waals surface area contributed by atoms with Gasteiger partial charge in [0.25, 0.3) is 0 Å². The van der Waals surface area contributed by atoms with Gasteiger partial charge in [-0.25, -0.2) is 19.0 Å². The highest BCUT2D eigenvalue weighted by Crippen LogP contribution is 2.33. The number of morpholine rings is 1. The number of hydrogen-bond acceptors (Lipinski definition) is 8. The fraction of sp³-hybridized carbons (Fsp3) is 0.577. The number of alkyl halides is 1. The monoisotopic (exact) mass is 498 g/mol. The second-order valence-electron chi connectivity index (χ2n) is 9.93. The van der Waals surface area contributed by atoms with Crippen molar-refractivity contribution < 1.29 is 19.3 Å². The Kier molecular flexibility index (Phi) is 7.47. The average molecular weight is 499 g/mol. The van der Waals surface area contributed by atoms with Crippen LogP contribution in [0.15, 0.2) is 24.4 Å². The van der Waals surface area contributed by atoms with E-state index in [1.165, 1.54) is 11.1 Å². The first-order valence-corrected chi connectivity index (χ1v) is 12.7. The molecule has 194 valence electrons. The summed E-state index contributed by atoms with van der Waals surface area (Å²) in [6.07, 6.45) is 2.39. The average Bonchev–Trinajstić information content (AvgIpc) is 3.31. The first-order chi connectivity index (χ1) is 17.4. The molecule has 0 radical (unpaired) electrons. The molecule has 1 aromatic carbocycles. The fourth-order valence-corrected chi connectivity index (χ4v) is 5.44. The smallest absolute Gasteiger partial charge is 0.159 e. The van der Waals surface area contributed by atoms with Gasteiger partial charge >= 0.3 is 0 Å². The Bertz CT molecular complexity index is 1200. The minimum absolute atomic E-state index is 0.0198. The Hall–Kier alpha value is -2.66. The number of likely N-dealkylation sites (tertiary alicyclic amines) is 1. The molecule has 0 saturated carbocycles. The molecule has 2 atom stereocenters. The zero-order valence-electron chi connectivity index (χ0n) is 21.0. The molecule has 0 amide bonds. The van der Waals surface area contributed by atoms with Crippen LogP contribution >= 0.6 is 0 Å². The Labute approximate surface area is 210 Å². The van der Waals surface area contributed by atoms with Gasteiger partial charge in [0.1, 0.15) is 17.8 Å². The van der Waals surface area contributed by atoms with Gasteiger partial charge in [0.05, 0.1) is 37.6 Å². The number of nitrogens with zero attached hydrogens (tertiary/aromatic N) is 6. The molecule has 4 heterocycles. The van der Waals surface area contributed by atoms with Crippen LogP contribution in [0, 0.1) is 13.8 Å². The summed E-state index contributed by atoms with van der Waals surface area (Å²) < 4.78 is 21.1. The standard InChI is InChI=1S/C26H35FN6O3/c1-17-9-20-12-28-33(24(20)10-23(17)19-3-5-31(6-4-19)13-21(27)15-34)26-11-25(29-18(2)30-26)32-7-8-36-22(14-32)16-35/h9-12,19,21-22,34-35H,3-8,13-16H2,1-2H3. The fourth-order valence-electron chi connectivity index (χ4n) is 5.44. The van der Waals surface area contributed by atoms with Crippen molar-refractivity contribution in [2.45, 2.75) is 44.9 Å². The number of aliphatic hydroxyl groups excluding tert-OH is 2. The highest BCUT2D eigenvalue weighted by atomic mass is 19.1. The van der Waals surface area contributed by atoms with E-state index in [1.54, 1.807) is 0 Å². The topological polar surface area (TPSA) is 99.8 Å². The second-order valence-corrected chi connectivity index (χ2v) is 9.93. The van der Waals surface area contributed by atoms with Gasteiger partial charge in [0.15, 0.2) is 5.82 Å². The molecule has 2 fully saturated rings. The molecular formula is C26H35FN6O3. The van der Waals surface area contributed by atoms with Gasteiger partial charge in [-0.05, 0) is 69.0 Å². The zero-order chi connectivity index (χ0) is 25.2. The first kappa shape index (κ1) is 25.0. The van der Waals surface area contributed by atoms with Crippen molar-refractivity contribution in [3.05, 3.63) is 41.3 Å². The summed E-state index contributed by atoms with van der Waals surface area (Å²) in [4.78, 5) is 13.6. The Balaban J connectivity index is 1.42. The summed E-state index contributed by atoms with van der Waals surface area (Å²) in [5.74, 6) is 2.57. The number of hydrogen-bond donors (Lipinski definition) is 2. The third-order valence-electron chi connectivity index (χ3n) is 7.33. The summed E-state index contributed by atoms with van der Waals surface area (Å²) in [5, 5.41) is 24.3. The van der Waals surface area contributed by atoms with Crippen molar-refractivity contribution in [1.29, 1.82) is 0 Å². The van der Waals surface area contributed by atoms with Gasteiger partial charge < -0.3 is 24.7 Å². The van der Waals surface area contributed by atoms with Gasteiger partial charge in [0.2, 0.25) is 0 Å². The number of halogens is 1. The second kappa shape index (κ2) is 10.8. The third kappa shape index (κ3) is 5.22. The first-order valence-electron chi connectivity index (χ1n) is 12.7. The Morgan fingerprint density at radius 1 is 1.08 bits per heavy atom. The molecule has 2 unspecified atom stereocenters. The van der Waals surface area contributed by atoms with Crippen LogP contribution in [0.5, 0.6) is 0 Å². The highest BCUT2D eigenvalue weighted by Gasteiger charge is 2.25. The SMILES string of the molecule is Cc1nc(N2CCOC(CO)C2)cc(-n2ncc3cc(C)c(C4CCN(CC(F)CO)CC4)cc32)n1. The van der Waals surface area contributed by atoms with Crippen LogP contribution in [0.4, 0.5) is 10.2 Å². The van der Waals surface area contributed by atoms with E-state index in [1.807, 2.05) is 23.9 Å². The molecule has 0 bridgehead atoms. The highest BCUT2D eigenvalue weighted by molar-refractivity contribution is 5.82. The molecule has 2 aliphatic heterocycles. The number of aliphatic hydroxyl groups is 2. The molecule has 10 heteroatoms. The van der Waals surface area contributed by atoms with E-state index in [-0.39, 0.29) is 12.7 Å². The molecule has 2 N–H and O–H groups in total. The lowest BCUT2D eigenvalue weighted by atomic mass is 9.86. The quantitative estimate of drug-likeness (QED) is 0.511. The number of benzene rings is 1. The summed E-state index contributed by atoms with van der Waals surface area (Å²) in [5.41, 5.74) is 3.54. The lowest BCUT2D eigenvalue weighted by Crippen LogP contribution is -2.44. The van der Waals surface area contributed by atoms with Crippen molar-refractivity contribution in [3.8, 4) is 5.82 Å². The van der Waals surface area contributed by atoms with E-state index in [0.717, 1.165) is 42.7 Å². The maximum absolute atomic E-state index is 13.6. The summed E-state index contributed by atoms with van der Waals surface area (Å²) in [7, 11) is 0. The third-order valence-corrected chi connectivity index (χ3v) is 7.33. The molecule has 3 aromatic rings. The normalized spacial score (nSPS) is 20.8. The van der Waals surface area contributed by atoms with Gasteiger partial charge in [-0.15, -0.1) is 0 Å².